The summed E-state index contributed by atoms with van der Waals surface area (Å²) in [6, 6.07) is 5.39. The van der Waals surface area contributed by atoms with Crippen LogP contribution in [0.5, 0.6) is 0 Å². The van der Waals surface area contributed by atoms with E-state index in [-0.39, 0.29) is 18.6 Å². The van der Waals surface area contributed by atoms with Gasteiger partial charge in [-0.3, -0.25) is 14.6 Å². The van der Waals surface area contributed by atoms with Gasteiger partial charge in [-0.2, -0.15) is 0 Å². The lowest BCUT2D eigenvalue weighted by atomic mass is 10.1. The van der Waals surface area contributed by atoms with Crippen molar-refractivity contribution in [1.29, 1.82) is 0 Å². The molecule has 1 aromatic carbocycles. The highest BCUT2D eigenvalue weighted by molar-refractivity contribution is 5.95. The monoisotopic (exact) mass is 306 g/mol. The Balaban J connectivity index is 1.88. The van der Waals surface area contributed by atoms with Crippen LogP contribution in [0.4, 0.5) is 11.4 Å². The van der Waals surface area contributed by atoms with Crippen LogP contribution >= 0.6 is 0 Å². The smallest absolute Gasteiger partial charge is 0.241 e. The standard InChI is InChI=1S/C16H26N4O2/c1-12-3-4-14(11-15(12)17)18-16(22)13(2)20-7-5-19(6-8-20)9-10-21/h3-4,11,13,21H,5-10,17H2,1-2H3,(H,18,22). The first-order valence-electron chi connectivity index (χ1n) is 7.75. The number of carbonyl (C=O) groups is 1. The zero-order chi connectivity index (χ0) is 16.1. The molecule has 122 valence electrons. The first-order valence-corrected chi connectivity index (χ1v) is 7.75. The van der Waals surface area contributed by atoms with Gasteiger partial charge < -0.3 is 16.2 Å². The lowest BCUT2D eigenvalue weighted by molar-refractivity contribution is -0.121. The van der Waals surface area contributed by atoms with Crippen molar-refractivity contribution in [3.05, 3.63) is 23.8 Å². The van der Waals surface area contributed by atoms with E-state index in [9.17, 15) is 4.79 Å². The van der Waals surface area contributed by atoms with Crippen LogP contribution in [-0.2, 0) is 4.79 Å². The lowest BCUT2D eigenvalue weighted by Crippen LogP contribution is -2.53. The number of piperazine rings is 1. The second-order valence-corrected chi connectivity index (χ2v) is 5.84. The summed E-state index contributed by atoms with van der Waals surface area (Å²) in [5.74, 6) is -0.0149. The minimum absolute atomic E-state index is 0.0149. The number of hydrogen-bond donors (Lipinski definition) is 3. The predicted molar refractivity (Wildman–Crippen MR) is 88.8 cm³/mol. The summed E-state index contributed by atoms with van der Waals surface area (Å²) < 4.78 is 0. The quantitative estimate of drug-likeness (QED) is 0.691. The average molecular weight is 306 g/mol. The maximum absolute atomic E-state index is 12.4. The van der Waals surface area contributed by atoms with E-state index in [0.29, 0.717) is 12.2 Å². The van der Waals surface area contributed by atoms with Crippen LogP contribution in [0.3, 0.4) is 0 Å². The molecule has 0 bridgehead atoms. The van der Waals surface area contributed by atoms with Crippen LogP contribution < -0.4 is 11.1 Å². The van der Waals surface area contributed by atoms with Crippen LogP contribution in [0.15, 0.2) is 18.2 Å². The molecule has 1 amide bonds. The third-order valence-corrected chi connectivity index (χ3v) is 4.30. The number of aliphatic hydroxyl groups excluding tert-OH is 1. The SMILES string of the molecule is Cc1ccc(NC(=O)C(C)N2CCN(CCO)CC2)cc1N. The number of aliphatic hydroxyl groups is 1. The Kier molecular flexibility index (Phi) is 5.76. The Labute approximate surface area is 131 Å². The number of nitrogens with two attached hydrogens (primary N) is 1. The summed E-state index contributed by atoms with van der Waals surface area (Å²) in [5.41, 5.74) is 8.30. The number of anilines is 2. The van der Waals surface area contributed by atoms with E-state index >= 15 is 0 Å². The topological polar surface area (TPSA) is 81.8 Å². The molecule has 4 N–H and O–H groups in total. The Morgan fingerprint density at radius 2 is 2.05 bits per heavy atom. The fraction of sp³-hybridized carbons (Fsp3) is 0.562. The van der Waals surface area contributed by atoms with Crippen LogP contribution in [0.1, 0.15) is 12.5 Å². The van der Waals surface area contributed by atoms with Crippen molar-refractivity contribution < 1.29 is 9.90 Å². The van der Waals surface area contributed by atoms with Crippen LogP contribution in [-0.4, -0.2) is 66.2 Å². The van der Waals surface area contributed by atoms with Crippen molar-refractivity contribution in [2.75, 3.05) is 50.4 Å². The summed E-state index contributed by atoms with van der Waals surface area (Å²) in [6.45, 7) is 8.20. The minimum atomic E-state index is -0.182. The molecule has 2 rings (SSSR count). The molecule has 6 heteroatoms. The molecule has 0 saturated carbocycles. The number of nitrogen functional groups attached to an aromatic ring is 1. The summed E-state index contributed by atoms with van der Waals surface area (Å²) in [5, 5.41) is 11.9. The average Bonchev–Trinajstić information content (AvgIpc) is 2.51. The van der Waals surface area contributed by atoms with Crippen molar-refractivity contribution in [3.8, 4) is 0 Å². The van der Waals surface area contributed by atoms with Gasteiger partial charge in [0.15, 0.2) is 0 Å². The number of nitrogens with one attached hydrogen (secondary N) is 1. The molecule has 0 aliphatic carbocycles. The van der Waals surface area contributed by atoms with Gasteiger partial charge >= 0.3 is 0 Å². The van der Waals surface area contributed by atoms with Crippen molar-refractivity contribution >= 4 is 17.3 Å². The van der Waals surface area contributed by atoms with Gasteiger partial charge in [0.05, 0.1) is 12.6 Å². The summed E-state index contributed by atoms with van der Waals surface area (Å²) >= 11 is 0. The highest BCUT2D eigenvalue weighted by Crippen LogP contribution is 2.17. The van der Waals surface area contributed by atoms with Gasteiger partial charge in [0.1, 0.15) is 0 Å². The number of benzene rings is 1. The Morgan fingerprint density at radius 1 is 1.36 bits per heavy atom. The molecule has 1 fully saturated rings. The van der Waals surface area contributed by atoms with E-state index in [1.807, 2.05) is 26.0 Å². The fourth-order valence-corrected chi connectivity index (χ4v) is 2.65. The van der Waals surface area contributed by atoms with Crippen molar-refractivity contribution in [2.45, 2.75) is 19.9 Å². The van der Waals surface area contributed by atoms with Crippen molar-refractivity contribution in [1.82, 2.24) is 9.80 Å². The Bertz CT molecular complexity index is 513. The Morgan fingerprint density at radius 3 is 2.64 bits per heavy atom. The van der Waals surface area contributed by atoms with E-state index in [2.05, 4.69) is 15.1 Å². The lowest BCUT2D eigenvalue weighted by Gasteiger charge is -2.37. The highest BCUT2D eigenvalue weighted by Gasteiger charge is 2.25. The molecule has 0 radical (unpaired) electrons. The number of nitrogens with zero attached hydrogens (tertiary/aromatic N) is 2. The van der Waals surface area contributed by atoms with Crippen molar-refractivity contribution in [3.63, 3.8) is 0 Å². The van der Waals surface area contributed by atoms with E-state index in [0.717, 1.165) is 37.4 Å². The van der Waals surface area contributed by atoms with E-state index in [4.69, 9.17) is 10.8 Å². The fourth-order valence-electron chi connectivity index (χ4n) is 2.65. The molecule has 0 aromatic heterocycles. The molecule has 22 heavy (non-hydrogen) atoms. The third kappa shape index (κ3) is 4.19. The molecule has 1 aromatic rings. The second-order valence-electron chi connectivity index (χ2n) is 5.84. The van der Waals surface area contributed by atoms with Gasteiger partial charge in [0, 0.05) is 44.1 Å². The van der Waals surface area contributed by atoms with Gasteiger partial charge in [-0.1, -0.05) is 6.07 Å². The minimum Gasteiger partial charge on any atom is -0.398 e. The van der Waals surface area contributed by atoms with Crippen LogP contribution in [0.25, 0.3) is 0 Å². The highest BCUT2D eigenvalue weighted by atomic mass is 16.3. The molecule has 1 heterocycles. The molecule has 1 aliphatic rings. The summed E-state index contributed by atoms with van der Waals surface area (Å²) in [6.07, 6.45) is 0. The zero-order valence-electron chi connectivity index (χ0n) is 13.4. The molecular formula is C16H26N4O2. The largest absolute Gasteiger partial charge is 0.398 e. The second kappa shape index (κ2) is 7.58. The molecule has 1 aliphatic heterocycles. The van der Waals surface area contributed by atoms with Gasteiger partial charge in [-0.25, -0.2) is 0 Å². The molecule has 1 unspecified atom stereocenters. The predicted octanol–water partition coefficient (Wildman–Crippen LogP) is 0.514. The number of hydrogen-bond acceptors (Lipinski definition) is 5. The summed E-state index contributed by atoms with van der Waals surface area (Å²) in [4.78, 5) is 16.7. The first kappa shape index (κ1) is 16.7. The maximum atomic E-state index is 12.4. The van der Waals surface area contributed by atoms with Gasteiger partial charge in [-0.05, 0) is 31.5 Å². The molecule has 1 saturated heterocycles. The van der Waals surface area contributed by atoms with E-state index in [1.165, 1.54) is 0 Å². The van der Waals surface area contributed by atoms with Gasteiger partial charge in [0.25, 0.3) is 0 Å². The number of rotatable bonds is 5. The van der Waals surface area contributed by atoms with E-state index in [1.54, 1.807) is 6.07 Å². The van der Waals surface area contributed by atoms with Gasteiger partial charge in [-0.15, -0.1) is 0 Å². The molecule has 0 spiro atoms. The molecule has 1 atom stereocenters. The number of carbonyl (C=O) groups excluding carboxylic acids is 1. The zero-order valence-corrected chi connectivity index (χ0v) is 13.4. The first-order chi connectivity index (χ1) is 10.5. The summed E-state index contributed by atoms with van der Waals surface area (Å²) in [7, 11) is 0. The van der Waals surface area contributed by atoms with Crippen molar-refractivity contribution in [2.24, 2.45) is 0 Å². The molecule has 6 nitrogen and oxygen atoms in total. The van der Waals surface area contributed by atoms with E-state index < -0.39 is 0 Å². The number of aryl methyl sites for hydroxylation is 1. The normalized spacial score (nSPS) is 18.1. The number of amides is 1. The molecular weight excluding hydrogens is 280 g/mol. The van der Waals surface area contributed by atoms with Gasteiger partial charge in [0.2, 0.25) is 5.91 Å². The Hall–Kier alpha value is -1.63. The third-order valence-electron chi connectivity index (χ3n) is 4.30. The maximum Gasteiger partial charge on any atom is 0.241 e. The number of β-amino-alcohol motifs (C(OH)–C–C–N with tert-alkyl or cyclic N) is 1. The van der Waals surface area contributed by atoms with Crippen LogP contribution in [0, 0.1) is 6.92 Å². The van der Waals surface area contributed by atoms with Crippen LogP contribution in [0.2, 0.25) is 0 Å².